The second-order valence-corrected chi connectivity index (χ2v) is 5.28. The maximum atomic E-state index is 11.8. The van der Waals surface area contributed by atoms with Gasteiger partial charge < -0.3 is 15.7 Å². The van der Waals surface area contributed by atoms with Crippen molar-refractivity contribution in [3.63, 3.8) is 0 Å². The molecule has 0 aromatic heterocycles. The molecule has 0 saturated heterocycles. The van der Waals surface area contributed by atoms with Gasteiger partial charge >= 0.3 is 11.8 Å². The molecule has 0 saturated carbocycles. The third kappa shape index (κ3) is 4.06. The largest absolute Gasteiger partial charge is 0.508 e. The molecule has 0 atom stereocenters. The van der Waals surface area contributed by atoms with Gasteiger partial charge in [0.2, 0.25) is 0 Å². The fourth-order valence-electron chi connectivity index (χ4n) is 1.63. The summed E-state index contributed by atoms with van der Waals surface area (Å²) >= 11 is 3.36. The number of amides is 2. The second kappa shape index (κ2) is 6.41. The Kier molecular flexibility index (Phi) is 4.59. The van der Waals surface area contributed by atoms with E-state index in [0.29, 0.717) is 11.4 Å². The molecular weight excluding hydrogens is 336 g/mol. The first-order valence-electron chi connectivity index (χ1n) is 6.13. The van der Waals surface area contributed by atoms with Gasteiger partial charge in [-0.05, 0) is 36.8 Å². The fraction of sp³-hybridized carbons (Fsp3) is 0.0667. The smallest absolute Gasteiger partial charge is 0.314 e. The molecule has 108 valence electrons. The lowest BCUT2D eigenvalue weighted by Gasteiger charge is -2.08. The predicted molar refractivity (Wildman–Crippen MR) is 84.2 cm³/mol. The average Bonchev–Trinajstić information content (AvgIpc) is 2.43. The number of aryl methyl sites for hydroxylation is 1. The molecule has 6 heteroatoms. The molecule has 0 fully saturated rings. The van der Waals surface area contributed by atoms with Crippen LogP contribution < -0.4 is 10.6 Å². The molecular formula is C15H13BrN2O3. The second-order valence-electron chi connectivity index (χ2n) is 4.42. The lowest BCUT2D eigenvalue weighted by Crippen LogP contribution is -2.29. The van der Waals surface area contributed by atoms with E-state index in [2.05, 4.69) is 26.6 Å². The average molecular weight is 349 g/mol. The van der Waals surface area contributed by atoms with Gasteiger partial charge in [0.05, 0.1) is 0 Å². The van der Waals surface area contributed by atoms with Crippen LogP contribution in [0.15, 0.2) is 46.9 Å². The van der Waals surface area contributed by atoms with Crippen molar-refractivity contribution in [3.05, 3.63) is 52.5 Å². The van der Waals surface area contributed by atoms with Crippen molar-refractivity contribution < 1.29 is 14.7 Å². The van der Waals surface area contributed by atoms with Gasteiger partial charge in [-0.15, -0.1) is 0 Å². The first kappa shape index (κ1) is 15.1. The van der Waals surface area contributed by atoms with Crippen LogP contribution in [0.2, 0.25) is 0 Å². The number of rotatable bonds is 2. The Hall–Kier alpha value is -2.34. The first-order chi connectivity index (χ1) is 9.95. The topological polar surface area (TPSA) is 78.4 Å². The van der Waals surface area contributed by atoms with Crippen LogP contribution in [0.3, 0.4) is 0 Å². The summed E-state index contributed by atoms with van der Waals surface area (Å²) in [7, 11) is 0. The molecule has 2 aromatic carbocycles. The van der Waals surface area contributed by atoms with Crippen LogP contribution >= 0.6 is 15.9 Å². The minimum absolute atomic E-state index is 0.00988. The summed E-state index contributed by atoms with van der Waals surface area (Å²) in [6, 6.07) is 11.2. The molecule has 0 heterocycles. The van der Waals surface area contributed by atoms with Crippen molar-refractivity contribution in [1.82, 2.24) is 0 Å². The fourth-order valence-corrected chi connectivity index (χ4v) is 2.01. The molecule has 2 aromatic rings. The number of phenolic OH excluding ortho intramolecular Hbond substituents is 1. The van der Waals surface area contributed by atoms with E-state index in [9.17, 15) is 14.7 Å². The molecule has 5 nitrogen and oxygen atoms in total. The third-order valence-electron chi connectivity index (χ3n) is 2.74. The van der Waals surface area contributed by atoms with Gasteiger partial charge in [-0.2, -0.15) is 0 Å². The molecule has 0 bridgehead atoms. The maximum absolute atomic E-state index is 11.8. The molecule has 3 N–H and O–H groups in total. The maximum Gasteiger partial charge on any atom is 0.314 e. The molecule has 2 amide bonds. The zero-order chi connectivity index (χ0) is 15.4. The number of hydrogen-bond donors (Lipinski definition) is 3. The van der Waals surface area contributed by atoms with Crippen LogP contribution in [0, 0.1) is 6.92 Å². The number of benzene rings is 2. The van der Waals surface area contributed by atoms with Crippen molar-refractivity contribution in [1.29, 1.82) is 0 Å². The number of aromatic hydroxyl groups is 1. The van der Waals surface area contributed by atoms with E-state index < -0.39 is 11.8 Å². The lowest BCUT2D eigenvalue weighted by molar-refractivity contribution is -0.132. The Morgan fingerprint density at radius 3 is 2.19 bits per heavy atom. The molecule has 0 aliphatic heterocycles. The van der Waals surface area contributed by atoms with Crippen molar-refractivity contribution in [2.45, 2.75) is 6.92 Å². The highest BCUT2D eigenvalue weighted by molar-refractivity contribution is 9.10. The van der Waals surface area contributed by atoms with Crippen molar-refractivity contribution in [3.8, 4) is 5.75 Å². The zero-order valence-electron chi connectivity index (χ0n) is 11.2. The molecule has 0 radical (unpaired) electrons. The van der Waals surface area contributed by atoms with Gasteiger partial charge in [0.1, 0.15) is 5.75 Å². The van der Waals surface area contributed by atoms with E-state index >= 15 is 0 Å². The number of nitrogens with one attached hydrogen (secondary N) is 2. The van der Waals surface area contributed by atoms with E-state index in [0.717, 1.165) is 10.0 Å². The third-order valence-corrected chi connectivity index (χ3v) is 3.59. The minimum Gasteiger partial charge on any atom is -0.508 e. The summed E-state index contributed by atoms with van der Waals surface area (Å²) in [4.78, 5) is 23.6. The monoisotopic (exact) mass is 348 g/mol. The SMILES string of the molecule is Cc1ccc(NC(=O)C(=O)Nc2cccc(O)c2)cc1Br. The van der Waals surface area contributed by atoms with Crippen LogP contribution in [0.5, 0.6) is 5.75 Å². The number of phenols is 1. The van der Waals surface area contributed by atoms with Gasteiger partial charge in [-0.3, -0.25) is 9.59 Å². The summed E-state index contributed by atoms with van der Waals surface area (Å²) < 4.78 is 0.841. The molecule has 0 unspecified atom stereocenters. The molecule has 0 aliphatic carbocycles. The molecule has 2 rings (SSSR count). The number of carbonyl (C=O) groups excluding carboxylic acids is 2. The summed E-state index contributed by atoms with van der Waals surface area (Å²) in [6.45, 7) is 1.92. The Morgan fingerprint density at radius 1 is 1.00 bits per heavy atom. The molecule has 21 heavy (non-hydrogen) atoms. The van der Waals surface area contributed by atoms with E-state index in [4.69, 9.17) is 0 Å². The highest BCUT2D eigenvalue weighted by Gasteiger charge is 2.14. The minimum atomic E-state index is -0.808. The van der Waals surface area contributed by atoms with Crippen LogP contribution in [0.4, 0.5) is 11.4 Å². The van der Waals surface area contributed by atoms with Gasteiger partial charge in [0.15, 0.2) is 0 Å². The van der Waals surface area contributed by atoms with Crippen LogP contribution in [0.1, 0.15) is 5.56 Å². The van der Waals surface area contributed by atoms with E-state index in [1.165, 1.54) is 12.1 Å². The van der Waals surface area contributed by atoms with E-state index in [1.807, 2.05) is 13.0 Å². The van der Waals surface area contributed by atoms with E-state index in [1.54, 1.807) is 24.3 Å². The van der Waals surface area contributed by atoms with Crippen molar-refractivity contribution >= 4 is 39.1 Å². The highest BCUT2D eigenvalue weighted by Crippen LogP contribution is 2.20. The number of anilines is 2. The van der Waals surface area contributed by atoms with Gasteiger partial charge in [0.25, 0.3) is 0 Å². The van der Waals surface area contributed by atoms with Gasteiger partial charge in [-0.25, -0.2) is 0 Å². The van der Waals surface area contributed by atoms with Crippen LogP contribution in [0.25, 0.3) is 0 Å². The van der Waals surface area contributed by atoms with Crippen molar-refractivity contribution in [2.24, 2.45) is 0 Å². The normalized spacial score (nSPS) is 10.0. The standard InChI is InChI=1S/C15H13BrN2O3/c1-9-5-6-11(8-13(9)16)18-15(21)14(20)17-10-3-2-4-12(19)7-10/h2-8,19H,1H3,(H,17,20)(H,18,21). The Morgan fingerprint density at radius 2 is 1.62 bits per heavy atom. The summed E-state index contributed by atoms with van der Waals surface area (Å²) in [5.41, 5.74) is 1.89. The predicted octanol–water partition coefficient (Wildman–Crippen LogP) is 3.04. The summed E-state index contributed by atoms with van der Waals surface area (Å²) in [5, 5.41) is 14.2. The van der Waals surface area contributed by atoms with Crippen molar-refractivity contribution in [2.75, 3.05) is 10.6 Å². The molecule has 0 aliphatic rings. The summed E-state index contributed by atoms with van der Waals surface area (Å²) in [5.74, 6) is -1.58. The number of carbonyl (C=O) groups is 2. The number of hydrogen-bond acceptors (Lipinski definition) is 3. The Bertz CT molecular complexity index is 701. The Labute approximate surface area is 130 Å². The van der Waals surface area contributed by atoms with E-state index in [-0.39, 0.29) is 5.75 Å². The summed E-state index contributed by atoms with van der Waals surface area (Å²) in [6.07, 6.45) is 0. The zero-order valence-corrected chi connectivity index (χ0v) is 12.8. The first-order valence-corrected chi connectivity index (χ1v) is 6.92. The van der Waals surface area contributed by atoms with Gasteiger partial charge in [-0.1, -0.05) is 28.1 Å². The van der Waals surface area contributed by atoms with Crippen LogP contribution in [-0.4, -0.2) is 16.9 Å². The lowest BCUT2D eigenvalue weighted by atomic mass is 10.2. The van der Waals surface area contributed by atoms with Gasteiger partial charge in [0, 0.05) is 21.9 Å². The quantitative estimate of drug-likeness (QED) is 0.730. The number of halogens is 1. The Balaban J connectivity index is 2.02. The highest BCUT2D eigenvalue weighted by atomic mass is 79.9. The molecule has 0 spiro atoms. The van der Waals surface area contributed by atoms with Crippen LogP contribution in [-0.2, 0) is 9.59 Å².